The van der Waals surface area contributed by atoms with Crippen molar-refractivity contribution in [2.24, 2.45) is 16.5 Å². The zero-order chi connectivity index (χ0) is 6.57. The fraction of sp³-hybridized carbons (Fsp3) is 0.333. The van der Waals surface area contributed by atoms with Gasteiger partial charge in [0.05, 0.1) is 12.5 Å². The number of nitrogens with two attached hydrogens (primary N) is 2. The van der Waals surface area contributed by atoms with Crippen LogP contribution in [0.2, 0.25) is 0 Å². The number of carbonyl (C=O) groups is 1. The summed E-state index contributed by atoms with van der Waals surface area (Å²) in [5, 5.41) is 9.57. The first kappa shape index (κ1) is 11.5. The maximum absolute atomic E-state index is 9.57. The summed E-state index contributed by atoms with van der Waals surface area (Å²) in [7, 11) is 0. The second kappa shape index (κ2) is 5.87. The Labute approximate surface area is 74.4 Å². The van der Waals surface area contributed by atoms with Crippen molar-refractivity contribution in [3.05, 3.63) is 0 Å². The molecule has 0 aromatic rings. The van der Waals surface area contributed by atoms with Crippen molar-refractivity contribution in [1.82, 2.24) is 0 Å². The van der Waals surface area contributed by atoms with E-state index in [4.69, 9.17) is 11.5 Å². The monoisotopic (exact) mass is 139 g/mol. The van der Waals surface area contributed by atoms with E-state index >= 15 is 0 Å². The zero-order valence-corrected chi connectivity index (χ0v) is 7.13. The van der Waals surface area contributed by atoms with Gasteiger partial charge in [0.25, 0.3) is 0 Å². The van der Waals surface area contributed by atoms with Crippen LogP contribution in [-0.4, -0.2) is 18.5 Å². The minimum Gasteiger partial charge on any atom is -0.548 e. The van der Waals surface area contributed by atoms with Crippen LogP contribution in [0, 0.1) is 0 Å². The molecule has 0 saturated carbocycles. The van der Waals surface area contributed by atoms with Gasteiger partial charge in [-0.3, -0.25) is 0 Å². The van der Waals surface area contributed by atoms with Crippen LogP contribution in [0.5, 0.6) is 0 Å². The molecule has 0 rings (SSSR count). The number of aliphatic carboxylic acids is 1. The average molecular weight is 139 g/mol. The molecule has 46 valence electrons. The van der Waals surface area contributed by atoms with Crippen LogP contribution in [0.4, 0.5) is 0 Å². The van der Waals surface area contributed by atoms with Crippen molar-refractivity contribution in [2.45, 2.75) is 0 Å². The first-order valence-electron chi connectivity index (χ1n) is 1.88. The molecule has 0 aromatic carbocycles. The van der Waals surface area contributed by atoms with E-state index in [1.165, 1.54) is 0 Å². The molecule has 5 nitrogen and oxygen atoms in total. The van der Waals surface area contributed by atoms with Gasteiger partial charge in [-0.2, -0.15) is 0 Å². The third-order valence-electron chi connectivity index (χ3n) is 0.391. The second-order valence-corrected chi connectivity index (χ2v) is 1.11. The normalized spacial score (nSPS) is 7.11. The SMILES string of the molecule is NC(N)=NCC(=O)[O-].[Na+]. The van der Waals surface area contributed by atoms with E-state index in [1.54, 1.807) is 0 Å². The van der Waals surface area contributed by atoms with Gasteiger partial charge in [0.1, 0.15) is 0 Å². The summed E-state index contributed by atoms with van der Waals surface area (Å²) in [6.45, 7) is -0.470. The number of carboxylic acid groups (broad SMARTS) is 1. The molecule has 0 aliphatic carbocycles. The van der Waals surface area contributed by atoms with Crippen molar-refractivity contribution < 1.29 is 39.5 Å². The van der Waals surface area contributed by atoms with Crippen molar-refractivity contribution in [2.75, 3.05) is 6.54 Å². The van der Waals surface area contributed by atoms with Gasteiger partial charge >= 0.3 is 29.6 Å². The Hall–Kier alpha value is -0.260. The van der Waals surface area contributed by atoms with Crippen molar-refractivity contribution in [3.8, 4) is 0 Å². The summed E-state index contributed by atoms with van der Waals surface area (Å²) in [4.78, 5) is 12.7. The summed E-state index contributed by atoms with van der Waals surface area (Å²) in [6, 6.07) is 0. The third-order valence-corrected chi connectivity index (χ3v) is 0.391. The van der Waals surface area contributed by atoms with E-state index < -0.39 is 12.5 Å². The first-order chi connectivity index (χ1) is 3.63. The summed E-state index contributed by atoms with van der Waals surface area (Å²) in [6.07, 6.45) is 0. The summed E-state index contributed by atoms with van der Waals surface area (Å²) < 4.78 is 0. The molecule has 6 heteroatoms. The number of carbonyl (C=O) groups excluding carboxylic acids is 1. The predicted molar refractivity (Wildman–Crippen MR) is 25.7 cm³/mol. The Bertz CT molecular complexity index is 120. The van der Waals surface area contributed by atoms with E-state index in [-0.39, 0.29) is 35.5 Å². The molecule has 9 heavy (non-hydrogen) atoms. The van der Waals surface area contributed by atoms with Crippen molar-refractivity contribution >= 4 is 11.9 Å². The maximum Gasteiger partial charge on any atom is 1.00 e. The van der Waals surface area contributed by atoms with E-state index in [1.807, 2.05) is 0 Å². The minimum atomic E-state index is -1.29. The van der Waals surface area contributed by atoms with Crippen LogP contribution in [0.15, 0.2) is 4.99 Å². The number of rotatable bonds is 2. The Morgan fingerprint density at radius 2 is 2.00 bits per heavy atom. The van der Waals surface area contributed by atoms with Crippen LogP contribution < -0.4 is 46.1 Å². The molecule has 0 radical (unpaired) electrons. The minimum absolute atomic E-state index is 0. The van der Waals surface area contributed by atoms with E-state index in [0.717, 1.165) is 0 Å². The molecule has 4 N–H and O–H groups in total. The maximum atomic E-state index is 9.57. The van der Waals surface area contributed by atoms with Crippen LogP contribution in [0.3, 0.4) is 0 Å². The Kier molecular flexibility index (Phi) is 7.52. The molecule has 0 unspecified atom stereocenters. The quantitative estimate of drug-likeness (QED) is 0.226. The smallest absolute Gasteiger partial charge is 0.548 e. The molecule has 0 fully saturated rings. The average Bonchev–Trinajstić information content (AvgIpc) is 1.61. The molecule has 0 aliphatic heterocycles. The van der Waals surface area contributed by atoms with E-state index in [0.29, 0.717) is 0 Å². The summed E-state index contributed by atoms with van der Waals surface area (Å²) >= 11 is 0. The number of hydrogen-bond donors (Lipinski definition) is 2. The summed E-state index contributed by atoms with van der Waals surface area (Å²) in [5.41, 5.74) is 9.55. The van der Waals surface area contributed by atoms with Crippen LogP contribution in [0.1, 0.15) is 0 Å². The van der Waals surface area contributed by atoms with Crippen LogP contribution in [-0.2, 0) is 4.79 Å². The molecule has 0 spiro atoms. The standard InChI is InChI=1S/C3H7N3O2.Na/c4-3(5)6-1-2(7)8;/h1H2,(H,7,8)(H4,4,5,6);/q;+1/p-1. The van der Waals surface area contributed by atoms with E-state index in [9.17, 15) is 9.90 Å². The molecule has 0 saturated heterocycles. The van der Waals surface area contributed by atoms with Gasteiger partial charge < -0.3 is 21.4 Å². The van der Waals surface area contributed by atoms with Gasteiger partial charge in [0, 0.05) is 0 Å². The fourth-order valence-corrected chi connectivity index (χ4v) is 0.156. The van der Waals surface area contributed by atoms with Gasteiger partial charge in [-0.05, 0) is 0 Å². The molecule has 0 heterocycles. The molecule has 0 aliphatic rings. The van der Waals surface area contributed by atoms with Gasteiger partial charge in [0.2, 0.25) is 0 Å². The first-order valence-corrected chi connectivity index (χ1v) is 1.88. The van der Waals surface area contributed by atoms with Gasteiger partial charge in [-0.25, -0.2) is 4.99 Å². The van der Waals surface area contributed by atoms with Crippen molar-refractivity contribution in [3.63, 3.8) is 0 Å². The number of hydrogen-bond acceptors (Lipinski definition) is 3. The fourth-order valence-electron chi connectivity index (χ4n) is 0.156. The third kappa shape index (κ3) is 11.4. The molecular weight excluding hydrogens is 133 g/mol. The van der Waals surface area contributed by atoms with Crippen LogP contribution in [0.25, 0.3) is 0 Å². The van der Waals surface area contributed by atoms with E-state index in [2.05, 4.69) is 4.99 Å². The number of guanidine groups is 1. The Balaban J connectivity index is 0. The van der Waals surface area contributed by atoms with Gasteiger partial charge in [0.15, 0.2) is 5.96 Å². The largest absolute Gasteiger partial charge is 1.00 e. The number of aliphatic imine (C=N–C) groups is 1. The molecule has 0 amide bonds. The zero-order valence-electron chi connectivity index (χ0n) is 5.13. The molecule has 0 atom stereocenters. The second-order valence-electron chi connectivity index (χ2n) is 1.11. The molecular formula is C3H6N3NaO2. The Morgan fingerprint density at radius 1 is 1.56 bits per heavy atom. The van der Waals surface area contributed by atoms with Crippen LogP contribution >= 0.6 is 0 Å². The molecule has 0 aromatic heterocycles. The van der Waals surface area contributed by atoms with Gasteiger partial charge in [-0.1, -0.05) is 0 Å². The summed E-state index contributed by atoms with van der Waals surface area (Å²) in [5.74, 6) is -1.53. The topological polar surface area (TPSA) is 105 Å². The number of carboxylic acids is 1. The number of nitrogens with zero attached hydrogens (tertiary/aromatic N) is 1. The molecule has 0 bridgehead atoms. The Morgan fingerprint density at radius 3 is 2.11 bits per heavy atom. The van der Waals surface area contributed by atoms with Crippen molar-refractivity contribution in [1.29, 1.82) is 0 Å². The van der Waals surface area contributed by atoms with Gasteiger partial charge in [-0.15, -0.1) is 0 Å². The predicted octanol–water partition coefficient (Wildman–Crippen LogP) is -5.99.